The van der Waals surface area contributed by atoms with Gasteiger partial charge in [0.1, 0.15) is 0 Å². The lowest BCUT2D eigenvalue weighted by Crippen LogP contribution is -2.48. The average molecular weight is 434 g/mol. The van der Waals surface area contributed by atoms with Crippen molar-refractivity contribution in [2.24, 2.45) is 0 Å². The molecular weight excluding hydrogens is 402 g/mol. The van der Waals surface area contributed by atoms with Crippen LogP contribution < -0.4 is 0 Å². The zero-order chi connectivity index (χ0) is 21.7. The molecule has 4 rings (SSSR count). The number of hydrogen-bond acceptors (Lipinski definition) is 2. The van der Waals surface area contributed by atoms with Gasteiger partial charge in [0.15, 0.2) is 0 Å². The molecule has 0 radical (unpaired) electrons. The Morgan fingerprint density at radius 1 is 0.839 bits per heavy atom. The van der Waals surface area contributed by atoms with Gasteiger partial charge in [0.05, 0.1) is 5.60 Å². The summed E-state index contributed by atoms with van der Waals surface area (Å²) in [4.78, 5) is 2.54. The molecule has 0 saturated carbocycles. The number of aliphatic hydroxyl groups is 1. The Hall–Kier alpha value is -2.13. The van der Waals surface area contributed by atoms with E-state index in [1.165, 1.54) is 11.1 Å². The normalized spacial score (nSPS) is 16.9. The highest BCUT2D eigenvalue weighted by atomic mass is 35.5. The molecule has 1 N–H and O–H groups in total. The Labute approximate surface area is 191 Å². The van der Waals surface area contributed by atoms with E-state index in [0.29, 0.717) is 5.02 Å². The van der Waals surface area contributed by atoms with Gasteiger partial charge in [0.2, 0.25) is 0 Å². The van der Waals surface area contributed by atoms with Gasteiger partial charge in [-0.05, 0) is 48.1 Å². The molecule has 0 spiro atoms. The van der Waals surface area contributed by atoms with Crippen LogP contribution in [0.4, 0.5) is 0 Å². The van der Waals surface area contributed by atoms with Gasteiger partial charge in [0, 0.05) is 30.1 Å². The van der Waals surface area contributed by atoms with Crippen LogP contribution in [0.1, 0.15) is 49.3 Å². The van der Waals surface area contributed by atoms with Crippen LogP contribution in [0, 0.1) is 0 Å². The SMILES string of the molecule is CCCC(CN1CCC(O)(c2ccc(Cl)cc2)CC1)(c1ccccc1)c1ccccc1. The van der Waals surface area contributed by atoms with Crippen LogP contribution in [-0.2, 0) is 11.0 Å². The van der Waals surface area contributed by atoms with Crippen molar-refractivity contribution in [1.82, 2.24) is 4.90 Å². The van der Waals surface area contributed by atoms with E-state index >= 15 is 0 Å². The molecule has 3 aromatic carbocycles. The van der Waals surface area contributed by atoms with Gasteiger partial charge in [-0.3, -0.25) is 0 Å². The van der Waals surface area contributed by atoms with Crippen LogP contribution in [0.3, 0.4) is 0 Å². The van der Waals surface area contributed by atoms with Gasteiger partial charge >= 0.3 is 0 Å². The minimum atomic E-state index is -0.770. The summed E-state index contributed by atoms with van der Waals surface area (Å²) >= 11 is 6.05. The predicted octanol–water partition coefficient (Wildman–Crippen LogP) is 6.41. The first-order valence-corrected chi connectivity index (χ1v) is 11.8. The number of hydrogen-bond donors (Lipinski definition) is 1. The summed E-state index contributed by atoms with van der Waals surface area (Å²) in [5, 5.41) is 12.0. The molecule has 1 heterocycles. The van der Waals surface area contributed by atoms with Crippen molar-refractivity contribution in [3.63, 3.8) is 0 Å². The molecule has 162 valence electrons. The van der Waals surface area contributed by atoms with Gasteiger partial charge in [0.25, 0.3) is 0 Å². The molecule has 1 aliphatic heterocycles. The number of likely N-dealkylation sites (tertiary alicyclic amines) is 1. The summed E-state index contributed by atoms with van der Waals surface area (Å²) in [7, 11) is 0. The molecule has 1 saturated heterocycles. The Bertz CT molecular complexity index is 908. The first-order valence-electron chi connectivity index (χ1n) is 11.4. The third kappa shape index (κ3) is 4.72. The summed E-state index contributed by atoms with van der Waals surface area (Å²) in [6, 6.07) is 29.6. The Kier molecular flexibility index (Phi) is 6.81. The van der Waals surface area contributed by atoms with Crippen LogP contribution in [0.2, 0.25) is 5.02 Å². The van der Waals surface area contributed by atoms with E-state index in [2.05, 4.69) is 72.5 Å². The molecule has 0 amide bonds. The predicted molar refractivity (Wildman–Crippen MR) is 130 cm³/mol. The van der Waals surface area contributed by atoms with E-state index < -0.39 is 5.60 Å². The lowest BCUT2D eigenvalue weighted by molar-refractivity contribution is -0.0294. The van der Waals surface area contributed by atoms with Gasteiger partial charge in [-0.1, -0.05) is 97.7 Å². The van der Waals surface area contributed by atoms with Crippen molar-refractivity contribution in [2.75, 3.05) is 19.6 Å². The highest BCUT2D eigenvalue weighted by molar-refractivity contribution is 6.30. The van der Waals surface area contributed by atoms with Gasteiger partial charge in [-0.15, -0.1) is 0 Å². The van der Waals surface area contributed by atoms with E-state index in [9.17, 15) is 5.11 Å². The van der Waals surface area contributed by atoms with Crippen molar-refractivity contribution in [3.8, 4) is 0 Å². The van der Waals surface area contributed by atoms with Crippen molar-refractivity contribution in [3.05, 3.63) is 107 Å². The average Bonchev–Trinajstić information content (AvgIpc) is 2.82. The Morgan fingerprint density at radius 2 is 1.35 bits per heavy atom. The Balaban J connectivity index is 1.59. The summed E-state index contributed by atoms with van der Waals surface area (Å²) in [6.45, 7) is 5.00. The first kappa shape index (κ1) is 22.1. The van der Waals surface area contributed by atoms with Crippen LogP contribution >= 0.6 is 11.6 Å². The van der Waals surface area contributed by atoms with E-state index in [4.69, 9.17) is 11.6 Å². The van der Waals surface area contributed by atoms with E-state index in [1.54, 1.807) is 0 Å². The molecule has 1 fully saturated rings. The third-order valence-corrected chi connectivity index (χ3v) is 7.14. The summed E-state index contributed by atoms with van der Waals surface area (Å²) in [5.74, 6) is 0. The summed E-state index contributed by atoms with van der Waals surface area (Å²) in [6.07, 6.45) is 3.69. The minimum absolute atomic E-state index is 0.0486. The standard InChI is InChI=1S/C28H32ClNO/c1-2-17-27(23-9-5-3-6-10-23,24-11-7-4-8-12-24)22-30-20-18-28(31,19-21-30)25-13-15-26(29)16-14-25/h3-16,31H,2,17-22H2,1H3. The summed E-state index contributed by atoms with van der Waals surface area (Å²) < 4.78 is 0. The van der Waals surface area contributed by atoms with Crippen LogP contribution in [0.15, 0.2) is 84.9 Å². The largest absolute Gasteiger partial charge is 0.385 e. The quantitative estimate of drug-likeness (QED) is 0.465. The zero-order valence-corrected chi connectivity index (χ0v) is 19.1. The van der Waals surface area contributed by atoms with Gasteiger partial charge in [-0.25, -0.2) is 0 Å². The number of nitrogens with zero attached hydrogens (tertiary/aromatic N) is 1. The first-order chi connectivity index (χ1) is 15.1. The number of halogens is 1. The molecule has 0 aliphatic carbocycles. The van der Waals surface area contributed by atoms with Crippen molar-refractivity contribution in [2.45, 2.75) is 43.6 Å². The van der Waals surface area contributed by atoms with Crippen molar-refractivity contribution < 1.29 is 5.11 Å². The van der Waals surface area contributed by atoms with Crippen LogP contribution in [0.5, 0.6) is 0 Å². The highest BCUT2D eigenvalue weighted by Crippen LogP contribution is 2.40. The molecule has 3 heteroatoms. The topological polar surface area (TPSA) is 23.5 Å². The smallest absolute Gasteiger partial charge is 0.0920 e. The fraction of sp³-hybridized carbons (Fsp3) is 0.357. The molecule has 0 aromatic heterocycles. The second kappa shape index (κ2) is 9.56. The molecule has 1 aliphatic rings. The van der Waals surface area contributed by atoms with Crippen molar-refractivity contribution in [1.29, 1.82) is 0 Å². The summed E-state index contributed by atoms with van der Waals surface area (Å²) in [5.41, 5.74) is 2.91. The van der Waals surface area contributed by atoms with E-state index in [0.717, 1.165) is 50.9 Å². The molecule has 0 bridgehead atoms. The number of benzene rings is 3. The Morgan fingerprint density at radius 3 is 1.84 bits per heavy atom. The van der Waals surface area contributed by atoms with Gasteiger partial charge < -0.3 is 10.0 Å². The molecule has 0 atom stereocenters. The minimum Gasteiger partial charge on any atom is -0.385 e. The van der Waals surface area contributed by atoms with Crippen LogP contribution in [-0.4, -0.2) is 29.6 Å². The molecule has 3 aromatic rings. The highest BCUT2D eigenvalue weighted by Gasteiger charge is 2.39. The number of piperidine rings is 1. The maximum atomic E-state index is 11.3. The lowest BCUT2D eigenvalue weighted by Gasteiger charge is -2.44. The molecular formula is C28H32ClNO. The fourth-order valence-corrected chi connectivity index (χ4v) is 5.30. The van der Waals surface area contributed by atoms with Gasteiger partial charge in [-0.2, -0.15) is 0 Å². The second-order valence-corrected chi connectivity index (χ2v) is 9.32. The third-order valence-electron chi connectivity index (χ3n) is 6.89. The lowest BCUT2D eigenvalue weighted by atomic mass is 9.70. The maximum Gasteiger partial charge on any atom is 0.0920 e. The molecule has 2 nitrogen and oxygen atoms in total. The maximum absolute atomic E-state index is 11.3. The monoisotopic (exact) mass is 433 g/mol. The zero-order valence-electron chi connectivity index (χ0n) is 18.3. The fourth-order valence-electron chi connectivity index (χ4n) is 5.17. The van der Waals surface area contributed by atoms with E-state index in [1.807, 2.05) is 24.3 Å². The van der Waals surface area contributed by atoms with E-state index in [-0.39, 0.29) is 5.41 Å². The molecule has 0 unspecified atom stereocenters. The van der Waals surface area contributed by atoms with Crippen LogP contribution in [0.25, 0.3) is 0 Å². The molecule has 31 heavy (non-hydrogen) atoms. The number of rotatable bonds is 7. The van der Waals surface area contributed by atoms with Crippen molar-refractivity contribution >= 4 is 11.6 Å². The second-order valence-electron chi connectivity index (χ2n) is 8.88.